The first kappa shape index (κ1) is 13.3. The van der Waals surface area contributed by atoms with Gasteiger partial charge in [0.05, 0.1) is 16.3 Å². The van der Waals surface area contributed by atoms with E-state index in [1.54, 1.807) is 12.1 Å². The van der Waals surface area contributed by atoms with Crippen LogP contribution in [0.4, 0.5) is 0 Å². The van der Waals surface area contributed by atoms with Gasteiger partial charge in [0.2, 0.25) is 0 Å². The maximum absolute atomic E-state index is 10.7. The number of halogens is 1. The first-order chi connectivity index (χ1) is 7.58. The van der Waals surface area contributed by atoms with Crippen LogP contribution in [-0.2, 0) is 0 Å². The summed E-state index contributed by atoms with van der Waals surface area (Å²) in [5, 5.41) is 0. The van der Waals surface area contributed by atoms with Crippen molar-refractivity contribution < 1.29 is 14.3 Å². The molecular formula is C12H15IO3. The van der Waals surface area contributed by atoms with E-state index >= 15 is 0 Å². The highest BCUT2D eigenvalue weighted by Crippen LogP contribution is 2.34. The van der Waals surface area contributed by atoms with E-state index in [9.17, 15) is 4.79 Å². The fourth-order valence-corrected chi connectivity index (χ4v) is 2.02. The second-order valence-electron chi connectivity index (χ2n) is 3.55. The molecule has 1 aromatic carbocycles. The normalized spacial score (nSPS) is 10.3. The summed E-state index contributed by atoms with van der Waals surface area (Å²) in [7, 11) is 0. The van der Waals surface area contributed by atoms with Crippen LogP contribution < -0.4 is 9.47 Å². The summed E-state index contributed by atoms with van der Waals surface area (Å²) in [6.07, 6.45) is 0.888. The van der Waals surface area contributed by atoms with Gasteiger partial charge in [-0.1, -0.05) is 0 Å². The minimum atomic E-state index is 0.0785. The smallest absolute Gasteiger partial charge is 0.174 e. The molecule has 0 aromatic heterocycles. The number of hydrogen-bond acceptors (Lipinski definition) is 3. The largest absolute Gasteiger partial charge is 0.490 e. The van der Waals surface area contributed by atoms with Crippen molar-refractivity contribution in [2.45, 2.75) is 26.9 Å². The summed E-state index contributed by atoms with van der Waals surface area (Å²) in [4.78, 5) is 10.7. The molecule has 0 N–H and O–H groups in total. The van der Waals surface area contributed by atoms with E-state index in [2.05, 4.69) is 22.6 Å². The van der Waals surface area contributed by atoms with Gasteiger partial charge in [0.15, 0.2) is 11.5 Å². The number of benzene rings is 1. The van der Waals surface area contributed by atoms with Crippen LogP contribution in [0.15, 0.2) is 12.1 Å². The molecule has 3 nitrogen and oxygen atoms in total. The molecule has 0 unspecified atom stereocenters. The number of hydrogen-bond donors (Lipinski definition) is 0. The van der Waals surface area contributed by atoms with Crippen LogP contribution in [-0.4, -0.2) is 19.0 Å². The van der Waals surface area contributed by atoms with Crippen LogP contribution >= 0.6 is 22.6 Å². The SMILES string of the molecule is CCOc1cc(C=O)cc(I)c1OC(C)C. The highest BCUT2D eigenvalue weighted by molar-refractivity contribution is 14.1. The van der Waals surface area contributed by atoms with Crippen LogP contribution in [0.5, 0.6) is 11.5 Å². The molecule has 0 heterocycles. The van der Waals surface area contributed by atoms with Crippen LogP contribution in [0.1, 0.15) is 31.1 Å². The van der Waals surface area contributed by atoms with Crippen molar-refractivity contribution in [1.82, 2.24) is 0 Å². The zero-order valence-electron chi connectivity index (χ0n) is 9.62. The Balaban J connectivity index is 3.16. The van der Waals surface area contributed by atoms with Gasteiger partial charge in [0.1, 0.15) is 6.29 Å². The van der Waals surface area contributed by atoms with Crippen molar-refractivity contribution in [1.29, 1.82) is 0 Å². The van der Waals surface area contributed by atoms with Gasteiger partial charge in [-0.2, -0.15) is 0 Å². The van der Waals surface area contributed by atoms with Gasteiger partial charge in [0, 0.05) is 5.56 Å². The molecule has 0 amide bonds. The maximum atomic E-state index is 10.7. The number of aldehydes is 1. The zero-order valence-corrected chi connectivity index (χ0v) is 11.8. The Hall–Kier alpha value is -0.780. The lowest BCUT2D eigenvalue weighted by molar-refractivity contribution is 0.112. The monoisotopic (exact) mass is 334 g/mol. The second kappa shape index (κ2) is 6.08. The zero-order chi connectivity index (χ0) is 12.1. The van der Waals surface area contributed by atoms with Crippen molar-refractivity contribution >= 4 is 28.9 Å². The Kier molecular flexibility index (Phi) is 5.05. The summed E-state index contributed by atoms with van der Waals surface area (Å²) < 4.78 is 12.0. The average molecular weight is 334 g/mol. The minimum absolute atomic E-state index is 0.0785. The standard InChI is InChI=1S/C12H15IO3/c1-4-15-11-6-9(7-14)5-10(13)12(11)16-8(2)3/h5-8H,4H2,1-3H3. The molecule has 1 rings (SSSR count). The molecule has 0 radical (unpaired) electrons. The van der Waals surface area contributed by atoms with Crippen LogP contribution in [0.25, 0.3) is 0 Å². The molecule has 4 heteroatoms. The Labute approximate surface area is 109 Å². The highest BCUT2D eigenvalue weighted by atomic mass is 127. The van der Waals surface area contributed by atoms with E-state index in [4.69, 9.17) is 9.47 Å². The molecule has 0 saturated carbocycles. The molecular weight excluding hydrogens is 319 g/mol. The van der Waals surface area contributed by atoms with Crippen molar-refractivity contribution in [3.8, 4) is 11.5 Å². The lowest BCUT2D eigenvalue weighted by atomic mass is 10.2. The van der Waals surface area contributed by atoms with Gasteiger partial charge >= 0.3 is 0 Å². The van der Waals surface area contributed by atoms with E-state index in [1.807, 2.05) is 20.8 Å². The topological polar surface area (TPSA) is 35.5 Å². The maximum Gasteiger partial charge on any atom is 0.174 e. The fraction of sp³-hybridized carbons (Fsp3) is 0.417. The third-order valence-corrected chi connectivity index (χ3v) is 2.62. The number of carbonyl (C=O) groups excluding carboxylic acids is 1. The van der Waals surface area contributed by atoms with Gasteiger partial charge in [-0.3, -0.25) is 4.79 Å². The van der Waals surface area contributed by atoms with Crippen LogP contribution in [0.3, 0.4) is 0 Å². The Morgan fingerprint density at radius 1 is 1.44 bits per heavy atom. The fourth-order valence-electron chi connectivity index (χ4n) is 1.27. The first-order valence-corrected chi connectivity index (χ1v) is 6.24. The Morgan fingerprint density at radius 2 is 2.12 bits per heavy atom. The number of rotatable bonds is 5. The van der Waals surface area contributed by atoms with Crippen LogP contribution in [0.2, 0.25) is 0 Å². The molecule has 0 aliphatic carbocycles. The van der Waals surface area contributed by atoms with Crippen molar-refractivity contribution in [2.75, 3.05) is 6.61 Å². The molecule has 0 bridgehead atoms. The molecule has 1 aromatic rings. The quantitative estimate of drug-likeness (QED) is 0.612. The summed E-state index contributed by atoms with van der Waals surface area (Å²) in [5.41, 5.74) is 0.601. The Morgan fingerprint density at radius 3 is 2.62 bits per heavy atom. The van der Waals surface area contributed by atoms with Gasteiger partial charge in [-0.05, 0) is 55.5 Å². The average Bonchev–Trinajstić information content (AvgIpc) is 2.22. The predicted octanol–water partition coefficient (Wildman–Crippen LogP) is 3.29. The summed E-state index contributed by atoms with van der Waals surface area (Å²) in [6, 6.07) is 3.49. The Bertz CT molecular complexity index is 375. The summed E-state index contributed by atoms with van der Waals surface area (Å²) in [5.74, 6) is 1.34. The van der Waals surface area contributed by atoms with E-state index in [0.717, 1.165) is 9.86 Å². The van der Waals surface area contributed by atoms with Crippen molar-refractivity contribution in [3.63, 3.8) is 0 Å². The minimum Gasteiger partial charge on any atom is -0.490 e. The van der Waals surface area contributed by atoms with Crippen molar-refractivity contribution in [2.24, 2.45) is 0 Å². The highest BCUT2D eigenvalue weighted by Gasteiger charge is 2.13. The van der Waals surface area contributed by atoms with E-state index in [0.29, 0.717) is 23.7 Å². The van der Waals surface area contributed by atoms with Crippen molar-refractivity contribution in [3.05, 3.63) is 21.3 Å². The summed E-state index contributed by atoms with van der Waals surface area (Å²) in [6.45, 7) is 6.37. The van der Waals surface area contributed by atoms with Gasteiger partial charge in [-0.15, -0.1) is 0 Å². The number of carbonyl (C=O) groups is 1. The first-order valence-electron chi connectivity index (χ1n) is 5.16. The van der Waals surface area contributed by atoms with E-state index in [1.165, 1.54) is 0 Å². The molecule has 0 fully saturated rings. The lowest BCUT2D eigenvalue weighted by Gasteiger charge is -2.16. The van der Waals surface area contributed by atoms with Gasteiger partial charge in [0.25, 0.3) is 0 Å². The third-order valence-electron chi connectivity index (χ3n) is 1.82. The van der Waals surface area contributed by atoms with Gasteiger partial charge in [-0.25, -0.2) is 0 Å². The number of ether oxygens (including phenoxy) is 2. The van der Waals surface area contributed by atoms with E-state index in [-0.39, 0.29) is 6.10 Å². The van der Waals surface area contributed by atoms with Gasteiger partial charge < -0.3 is 9.47 Å². The molecule has 0 atom stereocenters. The second-order valence-corrected chi connectivity index (χ2v) is 4.71. The van der Waals surface area contributed by atoms with E-state index < -0.39 is 0 Å². The molecule has 16 heavy (non-hydrogen) atoms. The lowest BCUT2D eigenvalue weighted by Crippen LogP contribution is -2.09. The molecule has 0 saturated heterocycles. The molecule has 88 valence electrons. The molecule has 0 aliphatic heterocycles. The molecule has 0 spiro atoms. The predicted molar refractivity (Wildman–Crippen MR) is 71.5 cm³/mol. The third kappa shape index (κ3) is 3.37. The van der Waals surface area contributed by atoms with Crippen LogP contribution in [0, 0.1) is 3.57 Å². The molecule has 0 aliphatic rings. The summed E-state index contributed by atoms with van der Waals surface area (Å²) >= 11 is 2.14.